The number of nitrogens with zero attached hydrogens (tertiary/aromatic N) is 3. The highest BCUT2D eigenvalue weighted by atomic mass is 79.9. The number of carbonyl (C=O) groups excluding carboxylic acids is 1. The number of hydrogen-bond acceptors (Lipinski definition) is 5. The van der Waals surface area contributed by atoms with Crippen molar-refractivity contribution in [3.8, 4) is 17.1 Å². The number of ether oxygens (including phenoxy) is 1. The molecule has 6 nitrogen and oxygen atoms in total. The van der Waals surface area contributed by atoms with Crippen LogP contribution in [0.3, 0.4) is 0 Å². The fraction of sp³-hybridized carbons (Fsp3) is 0.286. The van der Waals surface area contributed by atoms with Gasteiger partial charge in [0.2, 0.25) is 17.6 Å². The Kier molecular flexibility index (Phi) is 5.43. The van der Waals surface area contributed by atoms with E-state index in [0.29, 0.717) is 37.8 Å². The molecular weight excluding hydrogens is 422 g/mol. The van der Waals surface area contributed by atoms with Crippen molar-refractivity contribution in [1.29, 1.82) is 0 Å². The fourth-order valence-electron chi connectivity index (χ4n) is 3.34. The van der Waals surface area contributed by atoms with E-state index in [0.717, 1.165) is 21.3 Å². The molecule has 1 unspecified atom stereocenters. The predicted octanol–water partition coefficient (Wildman–Crippen LogP) is 4.41. The lowest BCUT2D eigenvalue weighted by Crippen LogP contribution is -2.24. The molecule has 0 aliphatic carbocycles. The Morgan fingerprint density at radius 1 is 1.21 bits per heavy atom. The summed E-state index contributed by atoms with van der Waals surface area (Å²) in [7, 11) is 0. The molecule has 1 aromatic heterocycles. The summed E-state index contributed by atoms with van der Waals surface area (Å²) in [5, 5.41) is 4.08. The zero-order valence-electron chi connectivity index (χ0n) is 15.5. The van der Waals surface area contributed by atoms with Crippen molar-refractivity contribution >= 4 is 21.8 Å². The van der Waals surface area contributed by atoms with E-state index in [2.05, 4.69) is 26.1 Å². The molecule has 0 spiro atoms. The van der Waals surface area contributed by atoms with E-state index in [1.165, 1.54) is 0 Å². The van der Waals surface area contributed by atoms with Crippen LogP contribution in [0.25, 0.3) is 11.4 Å². The molecule has 28 heavy (non-hydrogen) atoms. The molecule has 0 bridgehead atoms. The van der Waals surface area contributed by atoms with Crippen LogP contribution in [0.15, 0.2) is 57.5 Å². The number of carbonyl (C=O) groups is 1. The number of amides is 1. The van der Waals surface area contributed by atoms with Gasteiger partial charge in [0, 0.05) is 35.1 Å². The molecule has 0 radical (unpaired) electrons. The lowest BCUT2D eigenvalue weighted by atomic mass is 10.1. The van der Waals surface area contributed by atoms with Gasteiger partial charge in [-0.3, -0.25) is 4.79 Å². The first-order valence-corrected chi connectivity index (χ1v) is 10.0. The molecule has 1 fully saturated rings. The fourth-order valence-corrected chi connectivity index (χ4v) is 3.61. The van der Waals surface area contributed by atoms with E-state index in [4.69, 9.17) is 9.26 Å². The second-order valence-corrected chi connectivity index (χ2v) is 7.59. The Hall–Kier alpha value is -2.67. The molecule has 144 valence electrons. The van der Waals surface area contributed by atoms with E-state index in [1.807, 2.05) is 60.4 Å². The average Bonchev–Trinajstić information content (AvgIpc) is 3.32. The van der Waals surface area contributed by atoms with Crippen LogP contribution in [0.2, 0.25) is 0 Å². The quantitative estimate of drug-likeness (QED) is 0.566. The van der Waals surface area contributed by atoms with Crippen LogP contribution in [0, 0.1) is 0 Å². The summed E-state index contributed by atoms with van der Waals surface area (Å²) in [6.45, 7) is 3.61. The standard InChI is InChI=1S/C21H20BrN3O3/c1-2-27-18-6-4-3-5-15(18)12-25-13-16(11-19(25)26)21-23-20(24-28-21)14-7-9-17(22)10-8-14/h3-10,16H,2,11-13H2,1H3. The van der Waals surface area contributed by atoms with E-state index in [9.17, 15) is 4.79 Å². The van der Waals surface area contributed by atoms with Crippen LogP contribution >= 0.6 is 15.9 Å². The average molecular weight is 442 g/mol. The molecular formula is C21H20BrN3O3. The number of halogens is 1. The van der Waals surface area contributed by atoms with Gasteiger partial charge in [0.15, 0.2) is 0 Å². The summed E-state index contributed by atoms with van der Waals surface area (Å²) >= 11 is 3.42. The van der Waals surface area contributed by atoms with Gasteiger partial charge in [-0.1, -0.05) is 39.3 Å². The number of benzene rings is 2. The van der Waals surface area contributed by atoms with Gasteiger partial charge in [0.05, 0.1) is 12.5 Å². The van der Waals surface area contributed by atoms with Gasteiger partial charge in [0.1, 0.15) is 5.75 Å². The maximum absolute atomic E-state index is 12.5. The van der Waals surface area contributed by atoms with Gasteiger partial charge >= 0.3 is 0 Å². The number of rotatable bonds is 6. The van der Waals surface area contributed by atoms with Gasteiger partial charge in [-0.05, 0) is 37.3 Å². The lowest BCUT2D eigenvalue weighted by Gasteiger charge is -2.18. The minimum Gasteiger partial charge on any atom is -0.494 e. The molecule has 2 heterocycles. The van der Waals surface area contributed by atoms with Gasteiger partial charge < -0.3 is 14.2 Å². The maximum atomic E-state index is 12.5. The van der Waals surface area contributed by atoms with Crippen molar-refractivity contribution in [2.75, 3.05) is 13.2 Å². The highest BCUT2D eigenvalue weighted by Crippen LogP contribution is 2.31. The minimum absolute atomic E-state index is 0.0830. The van der Waals surface area contributed by atoms with Crippen molar-refractivity contribution in [2.24, 2.45) is 0 Å². The first-order chi connectivity index (χ1) is 13.6. The Balaban J connectivity index is 1.47. The second kappa shape index (κ2) is 8.14. The van der Waals surface area contributed by atoms with Crippen molar-refractivity contribution in [3.05, 3.63) is 64.5 Å². The minimum atomic E-state index is -0.0940. The molecule has 0 N–H and O–H groups in total. The normalized spacial score (nSPS) is 16.6. The van der Waals surface area contributed by atoms with E-state index in [-0.39, 0.29) is 11.8 Å². The third-order valence-electron chi connectivity index (χ3n) is 4.74. The summed E-state index contributed by atoms with van der Waals surface area (Å²) in [6, 6.07) is 15.5. The van der Waals surface area contributed by atoms with Gasteiger partial charge in [0.25, 0.3) is 0 Å². The molecule has 1 aliphatic heterocycles. The summed E-state index contributed by atoms with van der Waals surface area (Å²) in [5.41, 5.74) is 1.88. The molecule has 1 saturated heterocycles. The van der Waals surface area contributed by atoms with Crippen LogP contribution in [0.1, 0.15) is 30.7 Å². The van der Waals surface area contributed by atoms with Crippen LogP contribution in [-0.4, -0.2) is 34.1 Å². The van der Waals surface area contributed by atoms with Crippen LogP contribution in [0.5, 0.6) is 5.75 Å². The van der Waals surface area contributed by atoms with Gasteiger partial charge in [-0.2, -0.15) is 4.98 Å². The highest BCUT2D eigenvalue weighted by molar-refractivity contribution is 9.10. The van der Waals surface area contributed by atoms with Crippen molar-refractivity contribution in [3.63, 3.8) is 0 Å². The molecule has 1 amide bonds. The summed E-state index contributed by atoms with van der Waals surface area (Å²) in [4.78, 5) is 18.9. The topological polar surface area (TPSA) is 68.5 Å². The van der Waals surface area contributed by atoms with E-state index >= 15 is 0 Å². The van der Waals surface area contributed by atoms with E-state index in [1.54, 1.807) is 0 Å². The smallest absolute Gasteiger partial charge is 0.232 e. The Bertz CT molecular complexity index is 971. The SMILES string of the molecule is CCOc1ccccc1CN1CC(c2nc(-c3ccc(Br)cc3)no2)CC1=O. The zero-order valence-corrected chi connectivity index (χ0v) is 17.1. The largest absolute Gasteiger partial charge is 0.494 e. The first-order valence-electron chi connectivity index (χ1n) is 9.22. The molecule has 7 heteroatoms. The number of aromatic nitrogens is 2. The Labute approximate surface area is 171 Å². The summed E-state index contributed by atoms with van der Waals surface area (Å²) in [5.74, 6) is 1.85. The molecule has 1 aliphatic rings. The summed E-state index contributed by atoms with van der Waals surface area (Å²) < 4.78 is 12.1. The van der Waals surface area contributed by atoms with Crippen LogP contribution in [-0.2, 0) is 11.3 Å². The second-order valence-electron chi connectivity index (χ2n) is 6.68. The molecule has 2 aromatic carbocycles. The zero-order chi connectivity index (χ0) is 19.5. The lowest BCUT2D eigenvalue weighted by molar-refractivity contribution is -0.128. The number of likely N-dealkylation sites (tertiary alicyclic amines) is 1. The predicted molar refractivity (Wildman–Crippen MR) is 108 cm³/mol. The highest BCUT2D eigenvalue weighted by Gasteiger charge is 2.34. The van der Waals surface area contributed by atoms with Gasteiger partial charge in [-0.15, -0.1) is 0 Å². The van der Waals surface area contributed by atoms with Crippen LogP contribution < -0.4 is 4.74 Å². The third kappa shape index (κ3) is 3.94. The number of para-hydroxylation sites is 1. The molecule has 1 atom stereocenters. The van der Waals surface area contributed by atoms with Crippen molar-refractivity contribution in [2.45, 2.75) is 25.8 Å². The molecule has 3 aromatic rings. The third-order valence-corrected chi connectivity index (χ3v) is 5.27. The van der Waals surface area contributed by atoms with Crippen molar-refractivity contribution in [1.82, 2.24) is 15.0 Å². The van der Waals surface area contributed by atoms with Crippen LogP contribution in [0.4, 0.5) is 0 Å². The van der Waals surface area contributed by atoms with E-state index < -0.39 is 0 Å². The first kappa shape index (κ1) is 18.7. The molecule has 0 saturated carbocycles. The monoisotopic (exact) mass is 441 g/mol. The van der Waals surface area contributed by atoms with Crippen molar-refractivity contribution < 1.29 is 14.1 Å². The Morgan fingerprint density at radius 3 is 2.79 bits per heavy atom. The maximum Gasteiger partial charge on any atom is 0.232 e. The summed E-state index contributed by atoms with van der Waals surface area (Å²) in [6.07, 6.45) is 0.374. The Morgan fingerprint density at radius 2 is 2.00 bits per heavy atom. The number of hydrogen-bond donors (Lipinski definition) is 0. The molecule has 4 rings (SSSR count). The van der Waals surface area contributed by atoms with Gasteiger partial charge in [-0.25, -0.2) is 0 Å².